The molecular formula is C25H24N4OS. The molecule has 0 saturated heterocycles. The largest absolute Gasteiger partial charge is 0.350 e. The Morgan fingerprint density at radius 2 is 1.90 bits per heavy atom. The monoisotopic (exact) mass is 428 g/mol. The first-order chi connectivity index (χ1) is 15.2. The maximum Gasteiger partial charge on any atom is 0.226 e. The molecule has 31 heavy (non-hydrogen) atoms. The maximum atomic E-state index is 12.6. The lowest BCUT2D eigenvalue weighted by molar-refractivity contribution is -0.120. The molecule has 4 aromatic rings. The Labute approximate surface area is 185 Å². The molecule has 0 spiro atoms. The second kappa shape index (κ2) is 8.47. The van der Waals surface area contributed by atoms with Crippen LogP contribution in [0.15, 0.2) is 60.0 Å². The number of thiazole rings is 1. The fourth-order valence-electron chi connectivity index (χ4n) is 4.06. The first kappa shape index (κ1) is 19.7. The van der Waals surface area contributed by atoms with E-state index in [0.717, 1.165) is 46.9 Å². The van der Waals surface area contributed by atoms with Crippen LogP contribution in [0.2, 0.25) is 0 Å². The van der Waals surface area contributed by atoms with Gasteiger partial charge in [-0.1, -0.05) is 48.0 Å². The molecule has 6 heteroatoms. The Morgan fingerprint density at radius 3 is 2.71 bits per heavy atom. The Balaban J connectivity index is 1.25. The first-order valence-corrected chi connectivity index (χ1v) is 11.5. The minimum atomic E-state index is -0.0261. The smallest absolute Gasteiger partial charge is 0.226 e. The average Bonchev–Trinajstić information content (AvgIpc) is 3.51. The Morgan fingerprint density at radius 1 is 1.10 bits per heavy atom. The molecule has 0 bridgehead atoms. The summed E-state index contributed by atoms with van der Waals surface area (Å²) in [7, 11) is 0. The van der Waals surface area contributed by atoms with E-state index in [1.165, 1.54) is 16.8 Å². The third-order valence-corrected chi connectivity index (χ3v) is 6.60. The summed E-state index contributed by atoms with van der Waals surface area (Å²) in [5.41, 5.74) is 7.73. The van der Waals surface area contributed by atoms with Crippen molar-refractivity contribution in [2.24, 2.45) is 0 Å². The van der Waals surface area contributed by atoms with Crippen LogP contribution in [0, 0.1) is 6.92 Å². The maximum absolute atomic E-state index is 12.6. The van der Waals surface area contributed by atoms with Crippen molar-refractivity contribution in [3.8, 4) is 16.3 Å². The molecule has 1 amide bonds. The molecule has 5 nitrogen and oxygen atoms in total. The van der Waals surface area contributed by atoms with Gasteiger partial charge in [0, 0.05) is 16.6 Å². The minimum Gasteiger partial charge on any atom is -0.350 e. The van der Waals surface area contributed by atoms with Gasteiger partial charge in [-0.25, -0.2) is 9.67 Å². The highest BCUT2D eigenvalue weighted by molar-refractivity contribution is 7.13. The minimum absolute atomic E-state index is 0.0261. The van der Waals surface area contributed by atoms with Gasteiger partial charge in [-0.15, -0.1) is 11.3 Å². The number of para-hydroxylation sites is 1. The fourth-order valence-corrected chi connectivity index (χ4v) is 4.89. The molecule has 1 N–H and O–H groups in total. The molecule has 2 heterocycles. The number of nitrogens with one attached hydrogen (secondary N) is 1. The number of fused-ring (bicyclic) bond motifs is 1. The molecule has 0 unspecified atom stereocenters. The van der Waals surface area contributed by atoms with Crippen molar-refractivity contribution in [3.63, 3.8) is 0 Å². The second-order valence-corrected chi connectivity index (χ2v) is 8.79. The molecule has 2 aromatic carbocycles. The quantitative estimate of drug-likeness (QED) is 0.486. The molecule has 2 aromatic heterocycles. The van der Waals surface area contributed by atoms with E-state index in [4.69, 9.17) is 5.10 Å². The van der Waals surface area contributed by atoms with Crippen LogP contribution in [0.5, 0.6) is 0 Å². The topological polar surface area (TPSA) is 59.8 Å². The van der Waals surface area contributed by atoms with E-state index in [-0.39, 0.29) is 12.3 Å². The van der Waals surface area contributed by atoms with Crippen LogP contribution in [0.1, 0.15) is 34.6 Å². The Kier molecular flexibility index (Phi) is 5.38. The lowest BCUT2D eigenvalue weighted by atomic mass is 10.2. The highest BCUT2D eigenvalue weighted by Gasteiger charge is 2.23. The van der Waals surface area contributed by atoms with E-state index in [9.17, 15) is 4.79 Å². The molecule has 1 aliphatic carbocycles. The van der Waals surface area contributed by atoms with Crippen LogP contribution in [0.4, 0.5) is 0 Å². The van der Waals surface area contributed by atoms with Crippen LogP contribution in [0.25, 0.3) is 16.3 Å². The number of aromatic nitrogens is 3. The van der Waals surface area contributed by atoms with Gasteiger partial charge in [-0.3, -0.25) is 4.79 Å². The van der Waals surface area contributed by atoms with Gasteiger partial charge in [0.2, 0.25) is 5.91 Å². The van der Waals surface area contributed by atoms with Gasteiger partial charge >= 0.3 is 0 Å². The summed E-state index contributed by atoms with van der Waals surface area (Å²) in [6, 6.07) is 18.5. The standard InChI is InChI=1S/C25H24N4OS/c1-17-10-12-18(13-11-17)25-27-19(16-31-25)14-24(30)26-15-22-21-8-5-9-23(21)29(28-22)20-6-3-2-4-7-20/h2-4,6-7,10-13,16H,5,8-9,14-15H2,1H3,(H,26,30). The summed E-state index contributed by atoms with van der Waals surface area (Å²) in [4.78, 5) is 17.2. The SMILES string of the molecule is Cc1ccc(-c2nc(CC(=O)NCc3nn(-c4ccccc4)c4c3CCC4)cs2)cc1. The number of benzene rings is 2. The Hall–Kier alpha value is -3.25. The van der Waals surface area contributed by atoms with Crippen molar-refractivity contribution in [1.29, 1.82) is 0 Å². The van der Waals surface area contributed by atoms with Crippen LogP contribution in [-0.4, -0.2) is 20.7 Å². The number of hydrogen-bond acceptors (Lipinski definition) is 4. The van der Waals surface area contributed by atoms with Gasteiger partial charge in [0.05, 0.1) is 30.0 Å². The van der Waals surface area contributed by atoms with Crippen molar-refractivity contribution >= 4 is 17.2 Å². The van der Waals surface area contributed by atoms with E-state index >= 15 is 0 Å². The molecule has 0 saturated carbocycles. The van der Waals surface area contributed by atoms with E-state index < -0.39 is 0 Å². The van der Waals surface area contributed by atoms with Gasteiger partial charge in [-0.2, -0.15) is 5.10 Å². The highest BCUT2D eigenvalue weighted by atomic mass is 32.1. The number of amides is 1. The molecule has 0 aliphatic heterocycles. The van der Waals surface area contributed by atoms with Gasteiger partial charge in [0.25, 0.3) is 0 Å². The van der Waals surface area contributed by atoms with Crippen LogP contribution < -0.4 is 5.32 Å². The van der Waals surface area contributed by atoms with Crippen LogP contribution in [0.3, 0.4) is 0 Å². The van der Waals surface area contributed by atoms with Gasteiger partial charge in [0.15, 0.2) is 0 Å². The second-order valence-electron chi connectivity index (χ2n) is 7.94. The molecule has 1 aliphatic rings. The van der Waals surface area contributed by atoms with Crippen molar-refractivity contribution < 1.29 is 4.79 Å². The van der Waals surface area contributed by atoms with Crippen molar-refractivity contribution in [2.75, 3.05) is 0 Å². The summed E-state index contributed by atoms with van der Waals surface area (Å²) >= 11 is 1.58. The number of aryl methyl sites for hydroxylation is 1. The zero-order valence-corrected chi connectivity index (χ0v) is 18.3. The number of rotatable bonds is 6. The van der Waals surface area contributed by atoms with Gasteiger partial charge in [0.1, 0.15) is 5.01 Å². The van der Waals surface area contributed by atoms with E-state index in [1.807, 2.05) is 28.3 Å². The zero-order chi connectivity index (χ0) is 21.2. The van der Waals surface area contributed by atoms with E-state index in [0.29, 0.717) is 6.54 Å². The molecule has 156 valence electrons. The first-order valence-electron chi connectivity index (χ1n) is 10.6. The number of carbonyl (C=O) groups excluding carboxylic acids is 1. The Bertz CT molecular complexity index is 1210. The summed E-state index contributed by atoms with van der Waals surface area (Å²) in [5.74, 6) is -0.0261. The number of nitrogens with zero attached hydrogens (tertiary/aromatic N) is 3. The predicted molar refractivity (Wildman–Crippen MR) is 123 cm³/mol. The van der Waals surface area contributed by atoms with Crippen LogP contribution >= 0.6 is 11.3 Å². The summed E-state index contributed by atoms with van der Waals surface area (Å²) in [6.45, 7) is 2.52. The summed E-state index contributed by atoms with van der Waals surface area (Å²) in [6.07, 6.45) is 3.48. The number of carbonyl (C=O) groups is 1. The summed E-state index contributed by atoms with van der Waals surface area (Å²) in [5, 5.41) is 10.8. The molecule has 0 atom stereocenters. The fraction of sp³-hybridized carbons (Fsp3) is 0.240. The highest BCUT2D eigenvalue weighted by Crippen LogP contribution is 2.28. The molecule has 0 radical (unpaired) electrons. The lowest BCUT2D eigenvalue weighted by Crippen LogP contribution is -2.25. The molecule has 5 rings (SSSR count). The third-order valence-electron chi connectivity index (χ3n) is 5.66. The van der Waals surface area contributed by atoms with E-state index in [1.54, 1.807) is 11.3 Å². The van der Waals surface area contributed by atoms with Crippen molar-refractivity contribution in [2.45, 2.75) is 39.2 Å². The molecular weight excluding hydrogens is 404 g/mol. The van der Waals surface area contributed by atoms with Gasteiger partial charge in [-0.05, 0) is 43.9 Å². The van der Waals surface area contributed by atoms with Gasteiger partial charge < -0.3 is 5.32 Å². The zero-order valence-electron chi connectivity index (χ0n) is 17.5. The van der Waals surface area contributed by atoms with Crippen molar-refractivity contribution in [3.05, 3.63) is 88.2 Å². The van der Waals surface area contributed by atoms with Crippen molar-refractivity contribution in [1.82, 2.24) is 20.1 Å². The normalized spacial score (nSPS) is 12.7. The average molecular weight is 429 g/mol. The summed E-state index contributed by atoms with van der Waals surface area (Å²) < 4.78 is 2.04. The van der Waals surface area contributed by atoms with Crippen LogP contribution in [-0.2, 0) is 30.6 Å². The number of hydrogen-bond donors (Lipinski definition) is 1. The lowest BCUT2D eigenvalue weighted by Gasteiger charge is -2.05. The predicted octanol–water partition coefficient (Wildman–Crippen LogP) is 4.65. The third kappa shape index (κ3) is 4.16. The van der Waals surface area contributed by atoms with E-state index in [2.05, 4.69) is 53.6 Å². The molecule has 0 fully saturated rings.